The molecule has 2 aromatic heterocycles. The van der Waals surface area contributed by atoms with Gasteiger partial charge in [-0.05, 0) is 44.4 Å². The summed E-state index contributed by atoms with van der Waals surface area (Å²) in [6.45, 7) is 3.94. The Bertz CT molecular complexity index is 807. The van der Waals surface area contributed by atoms with E-state index in [9.17, 15) is 4.79 Å². The van der Waals surface area contributed by atoms with Crippen LogP contribution in [0.15, 0.2) is 24.4 Å². The van der Waals surface area contributed by atoms with E-state index < -0.39 is 5.91 Å². The summed E-state index contributed by atoms with van der Waals surface area (Å²) in [5.41, 5.74) is 15.2. The molecule has 0 aromatic carbocycles. The predicted octanol–water partition coefficient (Wildman–Crippen LogP) is 2.62. The Morgan fingerprint density at radius 1 is 1.23 bits per heavy atom. The number of amides is 1. The van der Waals surface area contributed by atoms with Gasteiger partial charge in [-0.25, -0.2) is 9.97 Å². The quantitative estimate of drug-likeness (QED) is 0.655. The fraction of sp³-hybridized carbons (Fsp3) is 0.421. The summed E-state index contributed by atoms with van der Waals surface area (Å²) >= 11 is 0. The highest BCUT2D eigenvalue weighted by Crippen LogP contribution is 2.25. The summed E-state index contributed by atoms with van der Waals surface area (Å²) in [5, 5.41) is 6.61. The number of pyridine rings is 2. The molecule has 2 aromatic rings. The first kappa shape index (κ1) is 18.1. The highest BCUT2D eigenvalue weighted by molar-refractivity contribution is 5.97. The number of anilines is 3. The molecule has 1 saturated carbocycles. The van der Waals surface area contributed by atoms with Crippen molar-refractivity contribution in [1.29, 1.82) is 0 Å². The number of carbonyl (C=O) groups excluding carboxylic acids is 1. The lowest BCUT2D eigenvalue weighted by Crippen LogP contribution is -2.42. The zero-order valence-corrected chi connectivity index (χ0v) is 15.2. The van der Waals surface area contributed by atoms with Gasteiger partial charge in [0.15, 0.2) is 5.69 Å². The second-order valence-corrected chi connectivity index (χ2v) is 6.91. The van der Waals surface area contributed by atoms with Crippen LogP contribution < -0.4 is 22.1 Å². The van der Waals surface area contributed by atoms with Crippen molar-refractivity contribution in [3.63, 3.8) is 0 Å². The topological polar surface area (TPSA) is 119 Å². The molecule has 26 heavy (non-hydrogen) atoms. The van der Waals surface area contributed by atoms with Gasteiger partial charge in [0.25, 0.3) is 5.91 Å². The third kappa shape index (κ3) is 4.11. The summed E-state index contributed by atoms with van der Waals surface area (Å²) in [6.07, 6.45) is 6.00. The Kier molecular flexibility index (Phi) is 5.37. The summed E-state index contributed by atoms with van der Waals surface area (Å²) in [7, 11) is 0. The normalized spacial score (nSPS) is 19.8. The maximum atomic E-state index is 11.7. The molecule has 0 radical (unpaired) electrons. The number of hydrogen-bond acceptors (Lipinski definition) is 6. The average molecular weight is 354 g/mol. The molecule has 3 rings (SSSR count). The Morgan fingerprint density at radius 2 is 2.00 bits per heavy atom. The molecule has 1 aliphatic carbocycles. The highest BCUT2D eigenvalue weighted by atomic mass is 16.1. The van der Waals surface area contributed by atoms with Crippen molar-refractivity contribution in [3.8, 4) is 0 Å². The monoisotopic (exact) mass is 354 g/mol. The van der Waals surface area contributed by atoms with Crippen molar-refractivity contribution in [1.82, 2.24) is 9.97 Å². The maximum absolute atomic E-state index is 11.7. The summed E-state index contributed by atoms with van der Waals surface area (Å²) in [5.74, 6) is 0.0566. The third-order valence-corrected chi connectivity index (χ3v) is 4.91. The molecule has 138 valence electrons. The van der Waals surface area contributed by atoms with Crippen LogP contribution in [-0.2, 0) is 0 Å². The zero-order chi connectivity index (χ0) is 18.7. The van der Waals surface area contributed by atoms with Gasteiger partial charge in [-0.3, -0.25) is 4.79 Å². The molecule has 0 unspecified atom stereocenters. The minimum atomic E-state index is -0.586. The number of aryl methyl sites for hydroxylation is 2. The molecule has 1 amide bonds. The van der Waals surface area contributed by atoms with E-state index in [1.807, 2.05) is 32.0 Å². The van der Waals surface area contributed by atoms with Gasteiger partial charge in [-0.2, -0.15) is 0 Å². The number of hydrogen-bond donors (Lipinski definition) is 4. The lowest BCUT2D eigenvalue weighted by Gasteiger charge is -2.30. The van der Waals surface area contributed by atoms with E-state index in [1.54, 1.807) is 6.20 Å². The van der Waals surface area contributed by atoms with Crippen LogP contribution in [0.4, 0.5) is 17.2 Å². The molecule has 7 heteroatoms. The van der Waals surface area contributed by atoms with Crippen LogP contribution in [0.25, 0.3) is 0 Å². The SMILES string of the molecule is Cc1ccc(Nc2cc(N[C@@H]3CCCC[C@@H]3N)cnc2C(N)=O)nc1C. The van der Waals surface area contributed by atoms with Crippen LogP contribution in [0.2, 0.25) is 0 Å². The van der Waals surface area contributed by atoms with E-state index in [-0.39, 0.29) is 17.8 Å². The van der Waals surface area contributed by atoms with Crippen LogP contribution in [0.3, 0.4) is 0 Å². The van der Waals surface area contributed by atoms with Gasteiger partial charge >= 0.3 is 0 Å². The van der Waals surface area contributed by atoms with Gasteiger partial charge in [0, 0.05) is 17.8 Å². The first-order chi connectivity index (χ1) is 12.4. The summed E-state index contributed by atoms with van der Waals surface area (Å²) in [6, 6.07) is 6.01. The van der Waals surface area contributed by atoms with Crippen LogP contribution in [0.1, 0.15) is 47.4 Å². The molecule has 2 atom stereocenters. The summed E-state index contributed by atoms with van der Waals surface area (Å²) < 4.78 is 0. The second-order valence-electron chi connectivity index (χ2n) is 6.91. The Hall–Kier alpha value is -2.67. The Labute approximate surface area is 153 Å². The largest absolute Gasteiger partial charge is 0.379 e. The smallest absolute Gasteiger partial charge is 0.269 e. The van der Waals surface area contributed by atoms with Gasteiger partial charge in [-0.15, -0.1) is 0 Å². The number of nitrogens with zero attached hydrogens (tertiary/aromatic N) is 2. The molecule has 0 spiro atoms. The van der Waals surface area contributed by atoms with E-state index >= 15 is 0 Å². The molecule has 1 aliphatic rings. The fourth-order valence-corrected chi connectivity index (χ4v) is 3.23. The average Bonchev–Trinajstić information content (AvgIpc) is 2.60. The van der Waals surface area contributed by atoms with E-state index in [0.29, 0.717) is 11.5 Å². The predicted molar refractivity (Wildman–Crippen MR) is 104 cm³/mol. The van der Waals surface area contributed by atoms with Crippen molar-refractivity contribution in [2.24, 2.45) is 11.5 Å². The first-order valence-electron chi connectivity index (χ1n) is 8.97. The van der Waals surface area contributed by atoms with Gasteiger partial charge < -0.3 is 22.1 Å². The first-order valence-corrected chi connectivity index (χ1v) is 8.97. The van der Waals surface area contributed by atoms with E-state index in [1.165, 1.54) is 6.42 Å². The van der Waals surface area contributed by atoms with Crippen molar-refractivity contribution in [3.05, 3.63) is 41.3 Å². The van der Waals surface area contributed by atoms with Crippen LogP contribution in [0, 0.1) is 13.8 Å². The molecule has 6 N–H and O–H groups in total. The second kappa shape index (κ2) is 7.70. The Morgan fingerprint density at radius 3 is 2.69 bits per heavy atom. The van der Waals surface area contributed by atoms with Crippen LogP contribution in [-0.4, -0.2) is 28.0 Å². The summed E-state index contributed by atoms with van der Waals surface area (Å²) in [4.78, 5) is 20.5. The number of nitrogens with one attached hydrogen (secondary N) is 2. The number of aromatic nitrogens is 2. The standard InChI is InChI=1S/C19H26N6O/c1-11-7-8-17(23-12(11)2)25-16-9-13(10-22-18(16)19(21)26)24-15-6-4-3-5-14(15)20/h7-10,14-15,24H,3-6,20H2,1-2H3,(H2,21,26)(H,23,25)/t14-,15+/m0/s1. The van der Waals surface area contributed by atoms with Crippen LogP contribution in [0.5, 0.6) is 0 Å². The molecular weight excluding hydrogens is 328 g/mol. The van der Waals surface area contributed by atoms with Crippen molar-refractivity contribution in [2.45, 2.75) is 51.6 Å². The van der Waals surface area contributed by atoms with E-state index in [0.717, 1.165) is 36.2 Å². The number of primary amides is 1. The van der Waals surface area contributed by atoms with Crippen LogP contribution >= 0.6 is 0 Å². The number of rotatable bonds is 5. The molecule has 0 bridgehead atoms. The van der Waals surface area contributed by atoms with E-state index in [2.05, 4.69) is 20.6 Å². The van der Waals surface area contributed by atoms with Crippen molar-refractivity contribution in [2.75, 3.05) is 10.6 Å². The molecule has 1 fully saturated rings. The fourth-order valence-electron chi connectivity index (χ4n) is 3.23. The van der Waals surface area contributed by atoms with Crippen molar-refractivity contribution >= 4 is 23.1 Å². The van der Waals surface area contributed by atoms with Gasteiger partial charge in [-0.1, -0.05) is 18.9 Å². The molecule has 0 saturated heterocycles. The van der Waals surface area contributed by atoms with E-state index in [4.69, 9.17) is 11.5 Å². The minimum Gasteiger partial charge on any atom is -0.379 e. The minimum absolute atomic E-state index is 0.123. The number of nitrogens with two attached hydrogens (primary N) is 2. The lowest BCUT2D eigenvalue weighted by molar-refractivity contribution is 0.0996. The molecule has 0 aliphatic heterocycles. The number of carbonyl (C=O) groups is 1. The molecule has 7 nitrogen and oxygen atoms in total. The molecular formula is C19H26N6O. The Balaban J connectivity index is 1.86. The van der Waals surface area contributed by atoms with Gasteiger partial charge in [0.05, 0.1) is 17.6 Å². The highest BCUT2D eigenvalue weighted by Gasteiger charge is 2.22. The van der Waals surface area contributed by atoms with Gasteiger partial charge in [0.1, 0.15) is 5.82 Å². The zero-order valence-electron chi connectivity index (χ0n) is 15.2. The maximum Gasteiger partial charge on any atom is 0.269 e. The van der Waals surface area contributed by atoms with Gasteiger partial charge in [0.2, 0.25) is 0 Å². The third-order valence-electron chi connectivity index (χ3n) is 4.91. The molecule has 2 heterocycles. The lowest BCUT2D eigenvalue weighted by atomic mass is 9.91. The van der Waals surface area contributed by atoms with Crippen molar-refractivity contribution < 1.29 is 4.79 Å².